The van der Waals surface area contributed by atoms with Gasteiger partial charge in [0, 0.05) is 24.2 Å². The van der Waals surface area contributed by atoms with Gasteiger partial charge < -0.3 is 9.64 Å². The summed E-state index contributed by atoms with van der Waals surface area (Å²) in [7, 11) is 1.62. The van der Waals surface area contributed by atoms with Crippen molar-refractivity contribution >= 4 is 34.3 Å². The van der Waals surface area contributed by atoms with Gasteiger partial charge in [-0.2, -0.15) is 0 Å². The predicted molar refractivity (Wildman–Crippen MR) is 108 cm³/mol. The van der Waals surface area contributed by atoms with Gasteiger partial charge in [0.05, 0.1) is 13.7 Å². The zero-order valence-electron chi connectivity index (χ0n) is 14.7. The number of amidine groups is 1. The monoisotopic (exact) mass is 420 g/mol. The van der Waals surface area contributed by atoms with Crippen LogP contribution in [0.5, 0.6) is 5.75 Å². The third-order valence-electron chi connectivity index (χ3n) is 4.27. The van der Waals surface area contributed by atoms with E-state index in [1.54, 1.807) is 7.11 Å². The van der Waals surface area contributed by atoms with Crippen molar-refractivity contribution in [2.24, 2.45) is 4.99 Å². The summed E-state index contributed by atoms with van der Waals surface area (Å²) < 4.78 is 18.3. The Labute approximate surface area is 163 Å². The number of ketones is 1. The Hall–Kier alpha value is -2.21. The number of carbonyl (C=O) groups is 1. The number of ether oxygens (including phenoxy) is 1. The SMILES string of the molecule is Br.COc1ccc(N(CC(=O)c2ccc(F)cc2)C2=NCCCC2)cc1. The van der Waals surface area contributed by atoms with E-state index in [9.17, 15) is 9.18 Å². The molecule has 0 saturated heterocycles. The first-order valence-corrected chi connectivity index (χ1v) is 8.41. The first kappa shape index (κ1) is 20.1. The van der Waals surface area contributed by atoms with Crippen molar-refractivity contribution in [2.75, 3.05) is 25.1 Å². The maximum Gasteiger partial charge on any atom is 0.182 e. The lowest BCUT2D eigenvalue weighted by Crippen LogP contribution is -2.37. The number of halogens is 2. The first-order chi connectivity index (χ1) is 12.2. The van der Waals surface area contributed by atoms with Crippen LogP contribution in [0.3, 0.4) is 0 Å². The van der Waals surface area contributed by atoms with Crippen LogP contribution >= 0.6 is 17.0 Å². The molecule has 1 aliphatic rings. The van der Waals surface area contributed by atoms with E-state index < -0.39 is 0 Å². The Morgan fingerprint density at radius 3 is 2.38 bits per heavy atom. The van der Waals surface area contributed by atoms with Crippen LogP contribution in [0.1, 0.15) is 29.6 Å². The van der Waals surface area contributed by atoms with Crippen molar-refractivity contribution < 1.29 is 13.9 Å². The molecule has 2 aromatic rings. The van der Waals surface area contributed by atoms with Crippen molar-refractivity contribution in [2.45, 2.75) is 19.3 Å². The zero-order valence-corrected chi connectivity index (χ0v) is 16.4. The lowest BCUT2D eigenvalue weighted by molar-refractivity contribution is 0.100. The van der Waals surface area contributed by atoms with E-state index >= 15 is 0 Å². The molecule has 0 fully saturated rings. The molecule has 0 bridgehead atoms. The Morgan fingerprint density at radius 2 is 1.81 bits per heavy atom. The Morgan fingerprint density at radius 1 is 1.12 bits per heavy atom. The molecule has 0 atom stereocenters. The van der Waals surface area contributed by atoms with Gasteiger partial charge in [-0.1, -0.05) is 0 Å². The minimum absolute atomic E-state index is 0. The summed E-state index contributed by atoms with van der Waals surface area (Å²) >= 11 is 0. The molecular weight excluding hydrogens is 399 g/mol. The molecule has 0 radical (unpaired) electrons. The van der Waals surface area contributed by atoms with Crippen molar-refractivity contribution in [3.8, 4) is 5.75 Å². The van der Waals surface area contributed by atoms with Gasteiger partial charge in [0.25, 0.3) is 0 Å². The van der Waals surface area contributed by atoms with Crippen LogP contribution in [-0.2, 0) is 0 Å². The number of carbonyl (C=O) groups excluding carboxylic acids is 1. The minimum Gasteiger partial charge on any atom is -0.497 e. The van der Waals surface area contributed by atoms with Gasteiger partial charge in [-0.15, -0.1) is 17.0 Å². The number of aliphatic imine (C=N–C) groups is 1. The zero-order chi connectivity index (χ0) is 17.6. The molecule has 0 amide bonds. The molecule has 3 rings (SSSR count). The van der Waals surface area contributed by atoms with Crippen LogP contribution in [0.4, 0.5) is 10.1 Å². The molecule has 6 heteroatoms. The van der Waals surface area contributed by atoms with Crippen LogP contribution < -0.4 is 9.64 Å². The van der Waals surface area contributed by atoms with Crippen LogP contribution in [0.2, 0.25) is 0 Å². The Balaban J connectivity index is 0.00000243. The van der Waals surface area contributed by atoms with E-state index in [4.69, 9.17) is 4.74 Å². The molecular formula is C20H22BrFN2O2. The Bertz CT molecular complexity index is 760. The topological polar surface area (TPSA) is 41.9 Å². The number of rotatable bonds is 5. The van der Waals surface area contributed by atoms with E-state index in [1.807, 2.05) is 29.2 Å². The summed E-state index contributed by atoms with van der Waals surface area (Å²) in [5.41, 5.74) is 1.40. The van der Waals surface area contributed by atoms with Crippen molar-refractivity contribution in [1.29, 1.82) is 0 Å². The highest BCUT2D eigenvalue weighted by Gasteiger charge is 2.20. The quantitative estimate of drug-likeness (QED) is 0.659. The molecule has 1 aliphatic heterocycles. The highest BCUT2D eigenvalue weighted by Crippen LogP contribution is 2.23. The number of nitrogens with zero attached hydrogens (tertiary/aromatic N) is 2. The Kier molecular flexibility index (Phi) is 7.33. The second kappa shape index (κ2) is 9.48. The average molecular weight is 421 g/mol. The second-order valence-corrected chi connectivity index (χ2v) is 5.97. The minimum atomic E-state index is -0.347. The molecule has 26 heavy (non-hydrogen) atoms. The summed E-state index contributed by atoms with van der Waals surface area (Å²) in [6, 6.07) is 13.2. The van der Waals surface area contributed by atoms with Gasteiger partial charge in [-0.05, 0) is 61.4 Å². The molecule has 138 valence electrons. The van der Waals surface area contributed by atoms with Crippen LogP contribution in [0.15, 0.2) is 53.5 Å². The number of hydrogen-bond donors (Lipinski definition) is 0. The normalized spacial score (nSPS) is 13.4. The molecule has 0 N–H and O–H groups in total. The number of anilines is 1. The molecule has 2 aromatic carbocycles. The van der Waals surface area contributed by atoms with E-state index in [0.29, 0.717) is 5.56 Å². The molecule has 4 nitrogen and oxygen atoms in total. The fraction of sp³-hybridized carbons (Fsp3) is 0.300. The maximum atomic E-state index is 13.1. The van der Waals surface area contributed by atoms with Gasteiger partial charge >= 0.3 is 0 Å². The van der Waals surface area contributed by atoms with Crippen molar-refractivity contribution in [3.05, 3.63) is 59.9 Å². The number of Topliss-reactive ketones (excluding diaryl/α,β-unsaturated/α-hetero) is 1. The lowest BCUT2D eigenvalue weighted by Gasteiger charge is -2.28. The molecule has 0 saturated carbocycles. The second-order valence-electron chi connectivity index (χ2n) is 5.97. The molecule has 1 heterocycles. The molecule has 0 spiro atoms. The highest BCUT2D eigenvalue weighted by molar-refractivity contribution is 8.93. The molecule has 0 unspecified atom stereocenters. The molecule has 0 aromatic heterocycles. The van der Waals surface area contributed by atoms with Crippen LogP contribution in [0.25, 0.3) is 0 Å². The van der Waals surface area contributed by atoms with Crippen molar-refractivity contribution in [1.82, 2.24) is 0 Å². The summed E-state index contributed by atoms with van der Waals surface area (Å²) in [6.07, 6.45) is 2.99. The van der Waals surface area contributed by atoms with E-state index in [1.165, 1.54) is 24.3 Å². The van der Waals surface area contributed by atoms with Gasteiger partial charge in [0.2, 0.25) is 0 Å². The largest absolute Gasteiger partial charge is 0.497 e. The smallest absolute Gasteiger partial charge is 0.182 e. The lowest BCUT2D eigenvalue weighted by atomic mass is 10.1. The van der Waals surface area contributed by atoms with Crippen LogP contribution in [-0.4, -0.2) is 31.8 Å². The summed E-state index contributed by atoms with van der Waals surface area (Å²) in [5.74, 6) is 1.27. The van der Waals surface area contributed by atoms with Gasteiger partial charge in [0.1, 0.15) is 17.4 Å². The van der Waals surface area contributed by atoms with Gasteiger partial charge in [-0.3, -0.25) is 9.79 Å². The predicted octanol–water partition coefficient (Wildman–Crippen LogP) is 4.68. The summed E-state index contributed by atoms with van der Waals surface area (Å²) in [4.78, 5) is 19.2. The fourth-order valence-electron chi connectivity index (χ4n) is 2.87. The summed E-state index contributed by atoms with van der Waals surface area (Å²) in [5, 5.41) is 0. The van der Waals surface area contributed by atoms with E-state index in [0.717, 1.165) is 43.1 Å². The van der Waals surface area contributed by atoms with E-state index in [2.05, 4.69) is 4.99 Å². The molecule has 0 aliphatic carbocycles. The third-order valence-corrected chi connectivity index (χ3v) is 4.27. The maximum absolute atomic E-state index is 13.1. The third kappa shape index (κ3) is 4.91. The van der Waals surface area contributed by atoms with Crippen molar-refractivity contribution in [3.63, 3.8) is 0 Å². The summed E-state index contributed by atoms with van der Waals surface area (Å²) in [6.45, 7) is 0.962. The van der Waals surface area contributed by atoms with Gasteiger partial charge in [-0.25, -0.2) is 4.39 Å². The average Bonchev–Trinajstić information content (AvgIpc) is 2.67. The number of benzene rings is 2. The standard InChI is InChI=1S/C20H21FN2O2.BrH/c1-25-18-11-9-17(10-12-18)23(20-4-2-3-13-22-20)14-19(24)15-5-7-16(21)8-6-15;/h5-12H,2-4,13-14H2,1H3;1H. The number of hydrogen-bond acceptors (Lipinski definition) is 4. The van der Waals surface area contributed by atoms with Gasteiger partial charge in [0.15, 0.2) is 5.78 Å². The highest BCUT2D eigenvalue weighted by atomic mass is 79.9. The van der Waals surface area contributed by atoms with Crippen LogP contribution in [0, 0.1) is 5.82 Å². The first-order valence-electron chi connectivity index (χ1n) is 8.41. The fourth-order valence-corrected chi connectivity index (χ4v) is 2.87. The van der Waals surface area contributed by atoms with E-state index in [-0.39, 0.29) is 35.1 Å². The number of methoxy groups -OCH3 is 1.